The van der Waals surface area contributed by atoms with E-state index >= 15 is 0 Å². The second-order valence-corrected chi connectivity index (χ2v) is 24.5. The van der Waals surface area contributed by atoms with Crippen LogP contribution in [0.2, 0.25) is 36.3 Å². The van der Waals surface area contributed by atoms with Crippen LogP contribution in [0, 0.1) is 11.8 Å². The molecule has 1 aromatic rings. The van der Waals surface area contributed by atoms with Crippen LogP contribution in [0.25, 0.3) is 0 Å². The van der Waals surface area contributed by atoms with Crippen molar-refractivity contribution in [1.82, 2.24) is 0 Å². The van der Waals surface area contributed by atoms with E-state index < -0.39 is 16.6 Å². The predicted molar refractivity (Wildman–Crippen MR) is 162 cm³/mol. The molecule has 1 aliphatic heterocycles. The molecule has 1 saturated heterocycles. The number of esters is 1. The van der Waals surface area contributed by atoms with Crippen LogP contribution in [-0.2, 0) is 24.8 Å². The fourth-order valence-corrected chi connectivity index (χ4v) is 7.74. The average Bonchev–Trinajstić information content (AvgIpc) is 3.24. The summed E-state index contributed by atoms with van der Waals surface area (Å²) in [5.74, 6) is 0.297. The van der Waals surface area contributed by atoms with Crippen LogP contribution < -0.4 is 0 Å². The van der Waals surface area contributed by atoms with E-state index in [1.165, 1.54) is 5.56 Å². The molecule has 208 valence electrons. The molecule has 1 heterocycles. The van der Waals surface area contributed by atoms with Crippen molar-refractivity contribution in [3.8, 4) is 0 Å². The quantitative estimate of drug-likeness (QED) is 0.160. The van der Waals surface area contributed by atoms with Crippen LogP contribution >= 0.6 is 15.9 Å². The average molecular weight is 610 g/mol. The Labute approximate surface area is 236 Å². The fraction of sp³-hybridized carbons (Fsp3) is 0.700. The van der Waals surface area contributed by atoms with Crippen molar-refractivity contribution in [2.75, 3.05) is 0 Å². The van der Waals surface area contributed by atoms with E-state index in [0.717, 1.165) is 23.7 Å². The smallest absolute Gasteiger partial charge is 0.306 e. The number of carbonyl (C=O) groups excluding carboxylic acids is 1. The SMILES string of the molecule is CC(C)(C)[Si](C)(C)O[C@H](/C=C/[C@@H]1[C@H]2CC(=O)O[C@H]2C[C@H]1O[Si](C)(C)C(C)(C)C)CCc1ccc(Br)cc1. The highest BCUT2D eigenvalue weighted by Crippen LogP contribution is 2.47. The Morgan fingerprint density at radius 3 is 2.19 bits per heavy atom. The van der Waals surface area contributed by atoms with Gasteiger partial charge in [-0.05, 0) is 66.8 Å². The lowest BCUT2D eigenvalue weighted by atomic mass is 9.91. The molecule has 0 amide bonds. The molecule has 5 atom stereocenters. The first kappa shape index (κ1) is 30.8. The van der Waals surface area contributed by atoms with Gasteiger partial charge in [-0.15, -0.1) is 0 Å². The van der Waals surface area contributed by atoms with Gasteiger partial charge in [-0.25, -0.2) is 0 Å². The molecule has 0 spiro atoms. The summed E-state index contributed by atoms with van der Waals surface area (Å²) in [7, 11) is -3.93. The molecule has 1 aliphatic carbocycles. The second-order valence-electron chi connectivity index (χ2n) is 14.1. The molecule has 1 saturated carbocycles. The molecule has 0 N–H and O–H groups in total. The number of benzene rings is 1. The summed E-state index contributed by atoms with van der Waals surface area (Å²) < 4.78 is 20.7. The van der Waals surface area contributed by atoms with Gasteiger partial charge in [0.1, 0.15) is 6.10 Å². The van der Waals surface area contributed by atoms with Crippen molar-refractivity contribution in [2.45, 2.75) is 122 Å². The number of halogens is 1. The van der Waals surface area contributed by atoms with Crippen molar-refractivity contribution in [2.24, 2.45) is 11.8 Å². The highest BCUT2D eigenvalue weighted by molar-refractivity contribution is 9.10. The number of hydrogen-bond donors (Lipinski definition) is 0. The third-order valence-electron chi connectivity index (χ3n) is 9.23. The van der Waals surface area contributed by atoms with E-state index in [0.29, 0.717) is 6.42 Å². The molecular formula is C30H49BrO4Si2. The Bertz CT molecular complexity index is 959. The molecule has 2 aliphatic rings. The van der Waals surface area contributed by atoms with Gasteiger partial charge in [0.25, 0.3) is 0 Å². The zero-order chi connectivity index (χ0) is 27.8. The fourth-order valence-electron chi connectivity index (χ4n) is 4.81. The Balaban J connectivity index is 1.84. The van der Waals surface area contributed by atoms with Gasteiger partial charge in [-0.1, -0.05) is 81.8 Å². The van der Waals surface area contributed by atoms with Gasteiger partial charge >= 0.3 is 5.97 Å². The molecule has 37 heavy (non-hydrogen) atoms. The van der Waals surface area contributed by atoms with Crippen molar-refractivity contribution >= 4 is 38.5 Å². The summed E-state index contributed by atoms with van der Waals surface area (Å²) in [6.45, 7) is 23.0. The minimum atomic E-state index is -1.97. The normalized spacial score (nSPS) is 26.0. The Kier molecular flexibility index (Phi) is 9.49. The number of aryl methyl sites for hydroxylation is 1. The van der Waals surface area contributed by atoms with Crippen LogP contribution in [0.4, 0.5) is 0 Å². The van der Waals surface area contributed by atoms with Crippen LogP contribution in [0.15, 0.2) is 40.9 Å². The van der Waals surface area contributed by atoms with Crippen LogP contribution in [-0.4, -0.2) is 40.9 Å². The molecule has 0 aromatic heterocycles. The van der Waals surface area contributed by atoms with Gasteiger partial charge in [0.15, 0.2) is 16.6 Å². The third kappa shape index (κ3) is 7.68. The molecule has 7 heteroatoms. The highest BCUT2D eigenvalue weighted by Gasteiger charge is 2.52. The number of hydrogen-bond acceptors (Lipinski definition) is 4. The Hall–Kier alpha value is -0.736. The van der Waals surface area contributed by atoms with E-state index in [9.17, 15) is 4.79 Å². The molecule has 4 nitrogen and oxygen atoms in total. The molecule has 2 fully saturated rings. The summed E-state index contributed by atoms with van der Waals surface area (Å²) in [4.78, 5) is 12.2. The first-order valence-electron chi connectivity index (χ1n) is 13.9. The van der Waals surface area contributed by atoms with E-state index in [2.05, 4.69) is 120 Å². The van der Waals surface area contributed by atoms with Gasteiger partial charge in [0, 0.05) is 22.7 Å². The van der Waals surface area contributed by atoms with E-state index in [1.54, 1.807) is 0 Å². The van der Waals surface area contributed by atoms with Crippen LogP contribution in [0.3, 0.4) is 0 Å². The Morgan fingerprint density at radius 2 is 1.62 bits per heavy atom. The largest absolute Gasteiger partial charge is 0.462 e. The lowest BCUT2D eigenvalue weighted by Gasteiger charge is -2.40. The number of rotatable bonds is 9. The monoisotopic (exact) mass is 608 g/mol. The molecule has 1 aromatic carbocycles. The maximum absolute atomic E-state index is 12.2. The summed E-state index contributed by atoms with van der Waals surface area (Å²) in [5.41, 5.74) is 1.32. The van der Waals surface area contributed by atoms with Crippen LogP contribution in [0.1, 0.15) is 66.4 Å². The van der Waals surface area contributed by atoms with E-state index in [4.69, 9.17) is 13.6 Å². The van der Waals surface area contributed by atoms with Gasteiger partial charge < -0.3 is 13.6 Å². The number of carbonyl (C=O) groups is 1. The van der Waals surface area contributed by atoms with E-state index in [-0.39, 0.29) is 46.2 Å². The number of ether oxygens (including phenoxy) is 1. The van der Waals surface area contributed by atoms with Crippen molar-refractivity contribution in [1.29, 1.82) is 0 Å². The second kappa shape index (κ2) is 11.4. The molecule has 0 unspecified atom stereocenters. The van der Waals surface area contributed by atoms with Crippen molar-refractivity contribution in [3.05, 3.63) is 46.5 Å². The Morgan fingerprint density at radius 1 is 1.03 bits per heavy atom. The molecule has 0 bridgehead atoms. The third-order valence-corrected chi connectivity index (χ3v) is 18.8. The minimum Gasteiger partial charge on any atom is -0.462 e. The lowest BCUT2D eigenvalue weighted by molar-refractivity contribution is -0.141. The first-order chi connectivity index (χ1) is 16.9. The highest BCUT2D eigenvalue weighted by atomic mass is 79.9. The number of fused-ring (bicyclic) bond motifs is 1. The molecular weight excluding hydrogens is 560 g/mol. The molecule has 3 rings (SSSR count). The standard InChI is InChI=1S/C30H49BrO4Si2/c1-29(2,3)36(7,8)34-23(16-13-21-11-14-22(31)15-12-21)17-18-24-25-19-28(32)33-26(25)20-27(24)35-37(9,10)30(4,5)6/h11-12,14-15,17-18,23-27H,13,16,19-20H2,1-10H3/b18-17+/t23-,24+,25+,26-,27+/m0/s1. The summed E-state index contributed by atoms with van der Waals surface area (Å²) in [6.07, 6.45) is 7.86. The summed E-state index contributed by atoms with van der Waals surface area (Å²) >= 11 is 3.54. The van der Waals surface area contributed by atoms with Crippen LogP contribution in [0.5, 0.6) is 0 Å². The maximum Gasteiger partial charge on any atom is 0.306 e. The van der Waals surface area contributed by atoms with Gasteiger partial charge in [0.05, 0.1) is 18.6 Å². The van der Waals surface area contributed by atoms with Crippen molar-refractivity contribution < 1.29 is 18.4 Å². The molecule has 0 radical (unpaired) electrons. The zero-order valence-electron chi connectivity index (χ0n) is 24.7. The lowest BCUT2D eigenvalue weighted by Crippen LogP contribution is -2.45. The van der Waals surface area contributed by atoms with Crippen molar-refractivity contribution in [3.63, 3.8) is 0 Å². The maximum atomic E-state index is 12.2. The first-order valence-corrected chi connectivity index (χ1v) is 20.5. The minimum absolute atomic E-state index is 0.0233. The van der Waals surface area contributed by atoms with Gasteiger partial charge in [0.2, 0.25) is 0 Å². The zero-order valence-corrected chi connectivity index (χ0v) is 28.3. The van der Waals surface area contributed by atoms with Gasteiger partial charge in [-0.3, -0.25) is 4.79 Å². The summed E-state index contributed by atoms with van der Waals surface area (Å²) in [6, 6.07) is 8.58. The summed E-state index contributed by atoms with van der Waals surface area (Å²) in [5, 5.41) is 0.267. The predicted octanol–water partition coefficient (Wildman–Crippen LogP) is 8.67. The van der Waals surface area contributed by atoms with Gasteiger partial charge in [-0.2, -0.15) is 0 Å². The topological polar surface area (TPSA) is 44.8 Å². The van der Waals surface area contributed by atoms with E-state index in [1.807, 2.05) is 0 Å².